The number of H-pyrrole nitrogens is 1. The molecular weight excluding hydrogens is 288 g/mol. The third-order valence-corrected chi connectivity index (χ3v) is 4.27. The highest BCUT2D eigenvalue weighted by atomic mass is 16.5. The van der Waals surface area contributed by atoms with Crippen LogP contribution in [0.2, 0.25) is 0 Å². The van der Waals surface area contributed by atoms with E-state index in [0.29, 0.717) is 13.0 Å². The summed E-state index contributed by atoms with van der Waals surface area (Å²) in [6.45, 7) is 0.524. The van der Waals surface area contributed by atoms with E-state index in [-0.39, 0.29) is 11.9 Å². The zero-order valence-electron chi connectivity index (χ0n) is 12.7. The number of hydrogen-bond donors (Lipinski definition) is 2. The van der Waals surface area contributed by atoms with E-state index in [1.165, 1.54) is 0 Å². The summed E-state index contributed by atoms with van der Waals surface area (Å²) in [5.41, 5.74) is 3.23. The van der Waals surface area contributed by atoms with Crippen LogP contribution in [0.3, 0.4) is 0 Å². The van der Waals surface area contributed by atoms with Crippen LogP contribution < -0.4 is 10.1 Å². The first-order valence-corrected chi connectivity index (χ1v) is 7.84. The number of hydrogen-bond acceptors (Lipinski definition) is 2. The number of aromatic amines is 1. The fraction of sp³-hybridized carbons (Fsp3) is 0.211. The predicted molar refractivity (Wildman–Crippen MR) is 89.6 cm³/mol. The lowest BCUT2D eigenvalue weighted by Crippen LogP contribution is -2.43. The molecule has 4 rings (SSSR count). The first kappa shape index (κ1) is 13.9. The maximum Gasteiger partial charge on any atom is 0.224 e. The van der Waals surface area contributed by atoms with Gasteiger partial charge >= 0.3 is 0 Å². The van der Waals surface area contributed by atoms with Crippen molar-refractivity contribution < 1.29 is 9.53 Å². The van der Waals surface area contributed by atoms with Crippen LogP contribution in [0, 0.1) is 0 Å². The average molecular weight is 306 g/mol. The zero-order chi connectivity index (χ0) is 15.6. The molecule has 116 valence electrons. The molecular formula is C19H18N2O2. The Morgan fingerprint density at radius 2 is 2.00 bits per heavy atom. The van der Waals surface area contributed by atoms with E-state index in [1.54, 1.807) is 0 Å². The van der Waals surface area contributed by atoms with Crippen molar-refractivity contribution in [2.45, 2.75) is 18.9 Å². The molecule has 0 saturated heterocycles. The summed E-state index contributed by atoms with van der Waals surface area (Å²) in [4.78, 5) is 15.6. The molecule has 2 N–H and O–H groups in total. The lowest BCUT2D eigenvalue weighted by atomic mass is 10.0. The number of carbonyl (C=O) groups excluding carboxylic acids is 1. The van der Waals surface area contributed by atoms with Gasteiger partial charge in [-0.3, -0.25) is 4.79 Å². The number of aromatic nitrogens is 1. The van der Waals surface area contributed by atoms with Crippen molar-refractivity contribution in [2.24, 2.45) is 0 Å². The Hall–Kier alpha value is -2.75. The molecule has 4 heteroatoms. The van der Waals surface area contributed by atoms with Gasteiger partial charge in [-0.25, -0.2) is 0 Å². The molecule has 0 bridgehead atoms. The van der Waals surface area contributed by atoms with E-state index in [0.717, 1.165) is 34.2 Å². The van der Waals surface area contributed by atoms with Crippen molar-refractivity contribution in [2.75, 3.05) is 6.61 Å². The molecule has 1 atom stereocenters. The number of benzene rings is 2. The molecule has 1 aliphatic rings. The molecule has 2 heterocycles. The monoisotopic (exact) mass is 306 g/mol. The van der Waals surface area contributed by atoms with Gasteiger partial charge in [0.15, 0.2) is 0 Å². The SMILES string of the molecule is O=C(Cc1c[nH]c2ccccc12)NC1COc2ccccc2C1. The minimum absolute atomic E-state index is 0.0302. The highest BCUT2D eigenvalue weighted by Crippen LogP contribution is 2.24. The van der Waals surface area contributed by atoms with Gasteiger partial charge < -0.3 is 15.0 Å². The Balaban J connectivity index is 1.43. The second kappa shape index (κ2) is 5.80. The highest BCUT2D eigenvalue weighted by molar-refractivity contribution is 5.88. The smallest absolute Gasteiger partial charge is 0.224 e. The van der Waals surface area contributed by atoms with Gasteiger partial charge in [0.2, 0.25) is 5.91 Å². The molecule has 1 amide bonds. The fourth-order valence-corrected chi connectivity index (χ4v) is 3.15. The summed E-state index contributed by atoms with van der Waals surface area (Å²) in [6.07, 6.45) is 3.11. The Bertz CT molecular complexity index is 853. The minimum atomic E-state index is 0.0302. The Morgan fingerprint density at radius 1 is 1.17 bits per heavy atom. The lowest BCUT2D eigenvalue weighted by molar-refractivity contribution is -0.121. The van der Waals surface area contributed by atoms with Gasteiger partial charge in [0.25, 0.3) is 0 Å². The normalized spacial score (nSPS) is 16.6. The molecule has 3 aromatic rings. The topological polar surface area (TPSA) is 54.1 Å². The van der Waals surface area contributed by atoms with E-state index in [2.05, 4.69) is 10.3 Å². The summed E-state index contributed by atoms with van der Waals surface area (Å²) >= 11 is 0. The van der Waals surface area contributed by atoms with Crippen molar-refractivity contribution in [1.82, 2.24) is 10.3 Å². The number of rotatable bonds is 3. The van der Waals surface area contributed by atoms with Gasteiger partial charge in [0.05, 0.1) is 12.5 Å². The molecule has 4 nitrogen and oxygen atoms in total. The number of nitrogens with one attached hydrogen (secondary N) is 2. The molecule has 1 aromatic heterocycles. The average Bonchev–Trinajstić information content (AvgIpc) is 2.98. The summed E-state index contributed by atoms with van der Waals surface area (Å²) in [5.74, 6) is 0.956. The zero-order valence-corrected chi connectivity index (χ0v) is 12.7. The van der Waals surface area contributed by atoms with E-state index in [1.807, 2.05) is 54.7 Å². The van der Waals surface area contributed by atoms with E-state index in [9.17, 15) is 4.79 Å². The second-order valence-electron chi connectivity index (χ2n) is 5.92. The van der Waals surface area contributed by atoms with Crippen LogP contribution in [0.25, 0.3) is 10.9 Å². The molecule has 0 fully saturated rings. The van der Waals surface area contributed by atoms with Gasteiger partial charge in [0.1, 0.15) is 12.4 Å². The molecule has 0 saturated carbocycles. The van der Waals surface area contributed by atoms with E-state index < -0.39 is 0 Å². The second-order valence-corrected chi connectivity index (χ2v) is 5.92. The third kappa shape index (κ3) is 2.80. The van der Waals surface area contributed by atoms with Crippen LogP contribution >= 0.6 is 0 Å². The van der Waals surface area contributed by atoms with E-state index in [4.69, 9.17) is 4.74 Å². The molecule has 23 heavy (non-hydrogen) atoms. The first-order chi connectivity index (χ1) is 11.3. The number of ether oxygens (including phenoxy) is 1. The van der Waals surface area contributed by atoms with Crippen molar-refractivity contribution in [1.29, 1.82) is 0 Å². The summed E-state index contributed by atoms with van der Waals surface area (Å²) in [6, 6.07) is 16.0. The molecule has 0 radical (unpaired) electrons. The van der Waals surface area contributed by atoms with Crippen molar-refractivity contribution in [3.63, 3.8) is 0 Å². The molecule has 1 aliphatic heterocycles. The van der Waals surface area contributed by atoms with Crippen LogP contribution in [0.15, 0.2) is 54.7 Å². The van der Waals surface area contributed by atoms with E-state index >= 15 is 0 Å². The van der Waals surface area contributed by atoms with Crippen LogP contribution in [0.4, 0.5) is 0 Å². The number of para-hydroxylation sites is 2. The number of amides is 1. The lowest BCUT2D eigenvalue weighted by Gasteiger charge is -2.26. The maximum atomic E-state index is 12.4. The standard InChI is InChI=1S/C19H18N2O2/c22-19(10-14-11-20-17-7-3-2-6-16(14)17)21-15-9-13-5-1-4-8-18(13)23-12-15/h1-8,11,15,20H,9-10,12H2,(H,21,22). The minimum Gasteiger partial charge on any atom is -0.491 e. The van der Waals surface area contributed by atoms with Crippen molar-refractivity contribution in [3.05, 3.63) is 65.9 Å². The van der Waals surface area contributed by atoms with Crippen LogP contribution in [0.5, 0.6) is 5.75 Å². The van der Waals surface area contributed by atoms with Crippen LogP contribution in [0.1, 0.15) is 11.1 Å². The highest BCUT2D eigenvalue weighted by Gasteiger charge is 2.21. The van der Waals surface area contributed by atoms with Crippen molar-refractivity contribution >= 4 is 16.8 Å². The van der Waals surface area contributed by atoms with Crippen LogP contribution in [-0.4, -0.2) is 23.5 Å². The van der Waals surface area contributed by atoms with Gasteiger partial charge in [0, 0.05) is 17.1 Å². The van der Waals surface area contributed by atoms with Gasteiger partial charge in [-0.05, 0) is 29.7 Å². The molecule has 1 unspecified atom stereocenters. The summed E-state index contributed by atoms with van der Waals surface area (Å²) in [7, 11) is 0. The van der Waals surface area contributed by atoms with Gasteiger partial charge in [-0.1, -0.05) is 36.4 Å². The largest absolute Gasteiger partial charge is 0.491 e. The summed E-state index contributed by atoms with van der Waals surface area (Å²) < 4.78 is 5.72. The van der Waals surface area contributed by atoms with Crippen molar-refractivity contribution in [3.8, 4) is 5.75 Å². The molecule has 0 spiro atoms. The quantitative estimate of drug-likeness (QED) is 0.782. The fourth-order valence-electron chi connectivity index (χ4n) is 3.15. The Morgan fingerprint density at radius 3 is 2.96 bits per heavy atom. The molecule has 2 aromatic carbocycles. The Kier molecular flexibility index (Phi) is 3.50. The van der Waals surface area contributed by atoms with Gasteiger partial charge in [-0.2, -0.15) is 0 Å². The predicted octanol–water partition coefficient (Wildman–Crippen LogP) is 2.83. The first-order valence-electron chi connectivity index (χ1n) is 7.84. The number of fused-ring (bicyclic) bond motifs is 2. The van der Waals surface area contributed by atoms with Gasteiger partial charge in [-0.15, -0.1) is 0 Å². The van der Waals surface area contributed by atoms with Crippen LogP contribution in [-0.2, 0) is 17.6 Å². The molecule has 0 aliphatic carbocycles. The Labute approximate surface area is 134 Å². The maximum absolute atomic E-state index is 12.4. The summed E-state index contributed by atoms with van der Waals surface area (Å²) in [5, 5.41) is 4.19. The third-order valence-electron chi connectivity index (χ3n) is 4.27. The number of carbonyl (C=O) groups is 1.